The lowest BCUT2D eigenvalue weighted by Crippen LogP contribution is -2.33. The van der Waals surface area contributed by atoms with Gasteiger partial charge in [-0.05, 0) is 54.8 Å². The third-order valence-electron chi connectivity index (χ3n) is 5.68. The van der Waals surface area contributed by atoms with Crippen molar-refractivity contribution in [2.24, 2.45) is 5.10 Å². The predicted molar refractivity (Wildman–Crippen MR) is 127 cm³/mol. The van der Waals surface area contributed by atoms with Crippen molar-refractivity contribution in [1.82, 2.24) is 15.0 Å². The van der Waals surface area contributed by atoms with Crippen LogP contribution in [0.25, 0.3) is 5.69 Å². The van der Waals surface area contributed by atoms with E-state index in [0.717, 1.165) is 21.3 Å². The quantitative estimate of drug-likeness (QED) is 0.509. The Morgan fingerprint density at radius 2 is 1.59 bits per heavy atom. The van der Waals surface area contributed by atoms with Gasteiger partial charge in [-0.3, -0.25) is 9.78 Å². The lowest BCUT2D eigenvalue weighted by Gasteiger charge is -2.17. The molecule has 3 N–H and O–H groups in total. The molecule has 178 valence electrons. The molecule has 34 heavy (non-hydrogen) atoms. The zero-order valence-corrected chi connectivity index (χ0v) is 19.6. The second-order valence-corrected chi connectivity index (χ2v) is 8.04. The van der Waals surface area contributed by atoms with Crippen LogP contribution in [0.5, 0.6) is 23.1 Å². The van der Waals surface area contributed by atoms with E-state index in [-0.39, 0.29) is 18.0 Å². The SMILES string of the molecule is COc1cc([C@H]2CC(c3c(O)n(-c4cc(C)cc(C)c4)c(=O)[nH]c3=O)=NN2)cc(OC)c1OC. The van der Waals surface area contributed by atoms with Crippen molar-refractivity contribution in [3.8, 4) is 28.8 Å². The molecule has 1 aromatic heterocycles. The van der Waals surface area contributed by atoms with Gasteiger partial charge in [0.1, 0.15) is 5.56 Å². The minimum atomic E-state index is -0.732. The van der Waals surface area contributed by atoms with E-state index in [1.165, 1.54) is 21.3 Å². The van der Waals surface area contributed by atoms with E-state index in [4.69, 9.17) is 14.2 Å². The molecule has 2 aromatic carbocycles. The molecule has 0 spiro atoms. The first kappa shape index (κ1) is 23.0. The summed E-state index contributed by atoms with van der Waals surface area (Å²) >= 11 is 0. The van der Waals surface area contributed by atoms with Crippen LogP contribution in [0.4, 0.5) is 0 Å². The van der Waals surface area contributed by atoms with E-state index in [2.05, 4.69) is 15.5 Å². The minimum Gasteiger partial charge on any atom is -0.493 e. The normalized spacial score (nSPS) is 15.0. The number of hydrogen-bond acceptors (Lipinski definition) is 8. The van der Waals surface area contributed by atoms with E-state index in [1.54, 1.807) is 24.3 Å². The second-order valence-electron chi connectivity index (χ2n) is 8.04. The van der Waals surface area contributed by atoms with Crippen LogP contribution in [-0.2, 0) is 0 Å². The maximum absolute atomic E-state index is 12.7. The number of aromatic nitrogens is 2. The summed E-state index contributed by atoms with van der Waals surface area (Å²) < 4.78 is 17.3. The fraction of sp³-hybridized carbons (Fsp3) is 0.292. The van der Waals surface area contributed by atoms with Crippen LogP contribution in [0.3, 0.4) is 0 Å². The number of benzene rings is 2. The minimum absolute atomic E-state index is 0.0683. The summed E-state index contributed by atoms with van der Waals surface area (Å²) in [5, 5.41) is 15.3. The van der Waals surface area contributed by atoms with Crippen LogP contribution in [0, 0.1) is 13.8 Å². The fourth-order valence-corrected chi connectivity index (χ4v) is 4.20. The lowest BCUT2D eigenvalue weighted by molar-refractivity contribution is 0.323. The number of hydrazone groups is 1. The molecular weight excluding hydrogens is 440 g/mol. The topological polar surface area (TPSA) is 127 Å². The number of hydrogen-bond donors (Lipinski definition) is 3. The number of nitrogens with one attached hydrogen (secondary N) is 2. The van der Waals surface area contributed by atoms with E-state index >= 15 is 0 Å². The number of aromatic amines is 1. The summed E-state index contributed by atoms with van der Waals surface area (Å²) in [6.45, 7) is 3.77. The van der Waals surface area contributed by atoms with Crippen molar-refractivity contribution >= 4 is 5.71 Å². The summed E-state index contributed by atoms with van der Waals surface area (Å²) in [5.41, 5.74) is 4.85. The van der Waals surface area contributed by atoms with E-state index in [1.807, 2.05) is 19.9 Å². The van der Waals surface area contributed by atoms with Crippen molar-refractivity contribution in [2.45, 2.75) is 26.3 Å². The Kier molecular flexibility index (Phi) is 6.06. The summed E-state index contributed by atoms with van der Waals surface area (Å²) in [6.07, 6.45) is 0.278. The summed E-state index contributed by atoms with van der Waals surface area (Å²) in [5.74, 6) is 0.958. The van der Waals surface area contributed by atoms with Crippen LogP contribution < -0.4 is 30.9 Å². The number of methoxy groups -OCH3 is 3. The first-order valence-electron chi connectivity index (χ1n) is 10.6. The summed E-state index contributed by atoms with van der Waals surface area (Å²) in [6, 6.07) is 8.71. The third kappa shape index (κ3) is 3.98. The van der Waals surface area contributed by atoms with Gasteiger partial charge in [-0.1, -0.05) is 6.07 Å². The smallest absolute Gasteiger partial charge is 0.335 e. The van der Waals surface area contributed by atoms with Gasteiger partial charge in [0.15, 0.2) is 11.5 Å². The molecule has 10 heteroatoms. The van der Waals surface area contributed by atoms with Gasteiger partial charge in [0.25, 0.3) is 5.56 Å². The van der Waals surface area contributed by atoms with Crippen LogP contribution in [0.15, 0.2) is 45.0 Å². The molecule has 1 atom stereocenters. The molecule has 2 heterocycles. The highest BCUT2D eigenvalue weighted by Gasteiger charge is 2.29. The Labute approximate surface area is 195 Å². The Balaban J connectivity index is 1.74. The Hall–Kier alpha value is -4.21. The molecule has 0 aliphatic carbocycles. The van der Waals surface area contributed by atoms with Crippen molar-refractivity contribution in [1.29, 1.82) is 0 Å². The van der Waals surface area contributed by atoms with Gasteiger partial charge in [-0.25, -0.2) is 9.36 Å². The van der Waals surface area contributed by atoms with E-state index in [9.17, 15) is 14.7 Å². The second kappa shape index (κ2) is 8.97. The van der Waals surface area contributed by atoms with Gasteiger partial charge < -0.3 is 24.7 Å². The third-order valence-corrected chi connectivity index (χ3v) is 5.68. The van der Waals surface area contributed by atoms with Crippen molar-refractivity contribution in [2.75, 3.05) is 21.3 Å². The average Bonchev–Trinajstić information content (AvgIpc) is 3.26. The largest absolute Gasteiger partial charge is 0.493 e. The van der Waals surface area contributed by atoms with Gasteiger partial charge in [0.2, 0.25) is 11.6 Å². The molecule has 1 aliphatic heterocycles. The monoisotopic (exact) mass is 466 g/mol. The number of aromatic hydroxyl groups is 1. The van der Waals surface area contributed by atoms with Crippen molar-refractivity contribution in [3.63, 3.8) is 0 Å². The average molecular weight is 466 g/mol. The number of nitrogens with zero attached hydrogens (tertiary/aromatic N) is 2. The summed E-state index contributed by atoms with van der Waals surface area (Å²) in [7, 11) is 4.58. The number of ether oxygens (including phenoxy) is 3. The van der Waals surface area contributed by atoms with Crippen LogP contribution in [-0.4, -0.2) is 41.7 Å². The highest BCUT2D eigenvalue weighted by molar-refractivity contribution is 6.03. The molecule has 0 fully saturated rings. The summed E-state index contributed by atoms with van der Waals surface area (Å²) in [4.78, 5) is 27.6. The Morgan fingerprint density at radius 3 is 2.15 bits per heavy atom. The van der Waals surface area contributed by atoms with Gasteiger partial charge in [-0.2, -0.15) is 5.10 Å². The van der Waals surface area contributed by atoms with E-state index < -0.39 is 17.1 Å². The molecule has 0 saturated carbocycles. The standard InChI is InChI=1S/C24H26N4O6/c1-12-6-13(2)8-15(7-12)28-23(30)20(22(29)25-24(28)31)17-11-16(26-27-17)14-9-18(32-3)21(34-5)19(10-14)33-4/h6-10,16,26,30H,11H2,1-5H3,(H,25,29,31)/t16-/m1/s1. The molecule has 1 aliphatic rings. The molecule has 0 unspecified atom stereocenters. The van der Waals surface area contributed by atoms with Crippen LogP contribution in [0.1, 0.15) is 34.7 Å². The molecule has 0 saturated heterocycles. The van der Waals surface area contributed by atoms with Crippen LogP contribution >= 0.6 is 0 Å². The molecule has 0 amide bonds. The number of rotatable bonds is 6. The maximum Gasteiger partial charge on any atom is 0.335 e. The van der Waals surface area contributed by atoms with Crippen LogP contribution in [0.2, 0.25) is 0 Å². The highest BCUT2D eigenvalue weighted by Crippen LogP contribution is 2.41. The van der Waals surface area contributed by atoms with Gasteiger partial charge in [0.05, 0.1) is 38.8 Å². The molecular formula is C24H26N4O6. The first-order valence-corrected chi connectivity index (χ1v) is 10.6. The zero-order chi connectivity index (χ0) is 24.6. The Morgan fingerprint density at radius 1 is 0.971 bits per heavy atom. The molecule has 0 radical (unpaired) electrons. The van der Waals surface area contributed by atoms with Crippen molar-refractivity contribution < 1.29 is 19.3 Å². The number of aryl methyl sites for hydroxylation is 2. The molecule has 0 bridgehead atoms. The molecule has 4 rings (SSSR count). The molecule has 10 nitrogen and oxygen atoms in total. The zero-order valence-electron chi connectivity index (χ0n) is 19.6. The number of H-pyrrole nitrogens is 1. The first-order chi connectivity index (χ1) is 16.3. The molecule has 3 aromatic rings. The Bertz CT molecular complexity index is 1360. The lowest BCUT2D eigenvalue weighted by atomic mass is 9.99. The fourth-order valence-electron chi connectivity index (χ4n) is 4.20. The predicted octanol–water partition coefficient (Wildman–Crippen LogP) is 2.31. The van der Waals surface area contributed by atoms with Gasteiger partial charge in [0, 0.05) is 6.42 Å². The van der Waals surface area contributed by atoms with E-state index in [0.29, 0.717) is 28.6 Å². The van der Waals surface area contributed by atoms with Gasteiger partial charge >= 0.3 is 5.69 Å². The van der Waals surface area contributed by atoms with Gasteiger partial charge in [-0.15, -0.1) is 0 Å². The maximum atomic E-state index is 12.7. The van der Waals surface area contributed by atoms with Crippen molar-refractivity contribution in [3.05, 3.63) is 73.4 Å². The highest BCUT2D eigenvalue weighted by atomic mass is 16.5.